The summed E-state index contributed by atoms with van der Waals surface area (Å²) in [5.41, 5.74) is 2.60. The summed E-state index contributed by atoms with van der Waals surface area (Å²) in [5.74, 6) is -1.35. The Bertz CT molecular complexity index is 1140. The molecule has 0 unspecified atom stereocenters. The Kier molecular flexibility index (Phi) is 7.10. The van der Waals surface area contributed by atoms with Crippen LogP contribution in [0.5, 0.6) is 5.75 Å². The number of carbonyl (C=O) groups is 2. The third-order valence-corrected chi connectivity index (χ3v) is 6.14. The monoisotopic (exact) mass is 463 g/mol. The Morgan fingerprint density at radius 1 is 1.09 bits per heavy atom. The summed E-state index contributed by atoms with van der Waals surface area (Å²) < 4.78 is 2.15. The largest absolute Gasteiger partial charge is 0.504 e. The van der Waals surface area contributed by atoms with Crippen molar-refractivity contribution < 1.29 is 19.8 Å². The number of aryl methyl sites for hydroxylation is 1. The van der Waals surface area contributed by atoms with E-state index in [0.717, 1.165) is 32.5 Å². The lowest BCUT2D eigenvalue weighted by Gasteiger charge is -2.33. The van der Waals surface area contributed by atoms with Crippen LogP contribution in [0.1, 0.15) is 40.4 Å². The smallest absolute Gasteiger partial charge is 0.322 e. The first-order chi connectivity index (χ1) is 16.4. The molecule has 9 nitrogen and oxygen atoms in total. The van der Waals surface area contributed by atoms with Gasteiger partial charge in [0.2, 0.25) is 0 Å². The molecule has 4 rings (SSSR count). The fourth-order valence-electron chi connectivity index (χ4n) is 4.27. The molecule has 34 heavy (non-hydrogen) atoms. The number of piperidine rings is 1. The summed E-state index contributed by atoms with van der Waals surface area (Å²) in [4.78, 5) is 33.9. The number of aliphatic carboxylic acids is 1. The van der Waals surface area contributed by atoms with Crippen LogP contribution in [-0.4, -0.2) is 56.3 Å². The molecule has 0 aliphatic carbocycles. The number of aromatic hydroxyl groups is 1. The van der Waals surface area contributed by atoms with Crippen molar-refractivity contribution in [2.75, 3.05) is 24.5 Å². The average Bonchev–Trinajstić information content (AvgIpc) is 3.34. The first kappa shape index (κ1) is 23.3. The molecular formula is C25H29N5O4. The third-order valence-electron chi connectivity index (χ3n) is 6.14. The molecule has 1 saturated heterocycles. The second kappa shape index (κ2) is 10.4. The molecule has 1 amide bonds. The lowest BCUT2D eigenvalue weighted by molar-refractivity contribution is -0.135. The maximum atomic E-state index is 12.2. The van der Waals surface area contributed by atoms with E-state index >= 15 is 0 Å². The topological polar surface area (TPSA) is 121 Å². The van der Waals surface area contributed by atoms with Crippen LogP contribution in [-0.2, 0) is 17.8 Å². The van der Waals surface area contributed by atoms with E-state index in [9.17, 15) is 14.7 Å². The van der Waals surface area contributed by atoms with Gasteiger partial charge in [0, 0.05) is 44.1 Å². The van der Waals surface area contributed by atoms with Gasteiger partial charge in [0.05, 0.1) is 5.69 Å². The first-order valence-corrected chi connectivity index (χ1v) is 11.4. The van der Waals surface area contributed by atoms with Crippen LogP contribution in [0.15, 0.2) is 48.8 Å². The van der Waals surface area contributed by atoms with Gasteiger partial charge in [-0.15, -0.1) is 0 Å². The van der Waals surface area contributed by atoms with Crippen LogP contribution in [0.3, 0.4) is 0 Å². The van der Waals surface area contributed by atoms with E-state index in [-0.39, 0.29) is 11.4 Å². The van der Waals surface area contributed by atoms with Gasteiger partial charge in [-0.05, 0) is 55.5 Å². The van der Waals surface area contributed by atoms with Crippen LogP contribution in [0, 0.1) is 12.8 Å². The Balaban J connectivity index is 1.34. The molecule has 178 valence electrons. The van der Waals surface area contributed by atoms with E-state index in [1.54, 1.807) is 6.92 Å². The van der Waals surface area contributed by atoms with Gasteiger partial charge < -0.3 is 25.0 Å². The van der Waals surface area contributed by atoms with Crippen LogP contribution in [0.4, 0.5) is 5.69 Å². The van der Waals surface area contributed by atoms with E-state index in [2.05, 4.69) is 61.4 Å². The van der Waals surface area contributed by atoms with E-state index in [4.69, 9.17) is 5.11 Å². The summed E-state index contributed by atoms with van der Waals surface area (Å²) in [7, 11) is 0. The van der Waals surface area contributed by atoms with Gasteiger partial charge in [0.25, 0.3) is 5.91 Å². The van der Waals surface area contributed by atoms with Gasteiger partial charge in [-0.1, -0.05) is 12.1 Å². The van der Waals surface area contributed by atoms with E-state index in [1.165, 1.54) is 11.3 Å². The first-order valence-electron chi connectivity index (χ1n) is 11.4. The number of nitrogens with one attached hydrogen (secondary N) is 1. The Morgan fingerprint density at radius 2 is 1.76 bits per heavy atom. The molecule has 1 aliphatic heterocycles. The summed E-state index contributed by atoms with van der Waals surface area (Å²) in [5, 5.41) is 21.2. The molecular weight excluding hydrogens is 434 g/mol. The molecule has 9 heteroatoms. The standard InChI is InChI=1S/C25H29N5O4/c1-17-24(33)23(25(34)26-15-22(31)32)28-21(27-17)14-18-8-12-30(13-9-18)20-6-4-19(5-7-20)16-29-10-2-3-11-29/h2-7,10-11,18,33H,8-9,12-16H2,1H3,(H,26,34)(H,31,32). The van der Waals surface area contributed by atoms with Crippen LogP contribution in [0.25, 0.3) is 0 Å². The maximum absolute atomic E-state index is 12.2. The van der Waals surface area contributed by atoms with Crippen molar-refractivity contribution in [1.29, 1.82) is 0 Å². The number of hydrogen-bond donors (Lipinski definition) is 3. The molecule has 3 heterocycles. The minimum atomic E-state index is -1.17. The highest BCUT2D eigenvalue weighted by Gasteiger charge is 2.23. The van der Waals surface area contributed by atoms with Crippen molar-refractivity contribution in [2.45, 2.75) is 32.7 Å². The normalized spacial score (nSPS) is 14.2. The number of nitrogens with zero attached hydrogens (tertiary/aromatic N) is 4. The number of carbonyl (C=O) groups excluding carboxylic acids is 1. The molecule has 1 aliphatic rings. The zero-order valence-corrected chi connectivity index (χ0v) is 19.1. The van der Waals surface area contributed by atoms with Gasteiger partial charge in [-0.2, -0.15) is 0 Å². The number of hydrogen-bond acceptors (Lipinski definition) is 6. The molecule has 0 radical (unpaired) electrons. The molecule has 1 fully saturated rings. The van der Waals surface area contributed by atoms with Crippen LogP contribution >= 0.6 is 0 Å². The zero-order chi connectivity index (χ0) is 24.1. The number of carboxylic acids is 1. The van der Waals surface area contributed by atoms with Crippen molar-refractivity contribution in [3.05, 3.63) is 71.6 Å². The lowest BCUT2D eigenvalue weighted by Crippen LogP contribution is -2.34. The minimum Gasteiger partial charge on any atom is -0.504 e. The van der Waals surface area contributed by atoms with Gasteiger partial charge in [0.1, 0.15) is 12.4 Å². The third kappa shape index (κ3) is 5.72. The maximum Gasteiger partial charge on any atom is 0.322 e. The summed E-state index contributed by atoms with van der Waals surface area (Å²) in [6, 6.07) is 12.7. The minimum absolute atomic E-state index is 0.179. The molecule has 2 aromatic heterocycles. The van der Waals surface area contributed by atoms with E-state index < -0.39 is 18.4 Å². The lowest BCUT2D eigenvalue weighted by atomic mass is 9.92. The van der Waals surface area contributed by atoms with Gasteiger partial charge in [0.15, 0.2) is 11.4 Å². The molecule has 3 N–H and O–H groups in total. The Morgan fingerprint density at radius 3 is 2.41 bits per heavy atom. The van der Waals surface area contributed by atoms with Crippen molar-refractivity contribution in [2.24, 2.45) is 5.92 Å². The van der Waals surface area contributed by atoms with Crippen molar-refractivity contribution in [3.8, 4) is 5.75 Å². The van der Waals surface area contributed by atoms with Gasteiger partial charge in [-0.3, -0.25) is 9.59 Å². The fourth-order valence-corrected chi connectivity index (χ4v) is 4.27. The Labute approximate surface area is 198 Å². The summed E-state index contributed by atoms with van der Waals surface area (Å²) in [6.45, 7) is 3.77. The number of anilines is 1. The number of amides is 1. The number of rotatable bonds is 8. The molecule has 1 aromatic carbocycles. The van der Waals surface area contributed by atoms with Crippen molar-refractivity contribution >= 4 is 17.6 Å². The van der Waals surface area contributed by atoms with Crippen molar-refractivity contribution in [1.82, 2.24) is 19.9 Å². The Hall–Kier alpha value is -3.88. The highest BCUT2D eigenvalue weighted by molar-refractivity contribution is 5.96. The van der Waals surface area contributed by atoms with Gasteiger partial charge >= 0.3 is 5.97 Å². The molecule has 3 aromatic rings. The second-order valence-electron chi connectivity index (χ2n) is 8.66. The average molecular weight is 464 g/mol. The second-order valence-corrected chi connectivity index (χ2v) is 8.66. The van der Waals surface area contributed by atoms with E-state index in [1.807, 2.05) is 12.1 Å². The SMILES string of the molecule is Cc1nc(CC2CCN(c3ccc(Cn4cccc4)cc3)CC2)nc(C(=O)NCC(=O)O)c1O. The number of carboxylic acid groups (broad SMARTS) is 1. The van der Waals surface area contributed by atoms with Gasteiger partial charge in [-0.25, -0.2) is 9.97 Å². The molecule has 0 saturated carbocycles. The molecule has 0 atom stereocenters. The zero-order valence-electron chi connectivity index (χ0n) is 19.1. The van der Waals surface area contributed by atoms with Crippen LogP contribution < -0.4 is 10.2 Å². The number of aromatic nitrogens is 3. The highest BCUT2D eigenvalue weighted by Crippen LogP contribution is 2.27. The quantitative estimate of drug-likeness (QED) is 0.470. The molecule has 0 spiro atoms. The van der Waals surface area contributed by atoms with Crippen molar-refractivity contribution in [3.63, 3.8) is 0 Å². The molecule has 0 bridgehead atoms. The predicted molar refractivity (Wildman–Crippen MR) is 127 cm³/mol. The van der Waals surface area contributed by atoms with E-state index in [0.29, 0.717) is 23.9 Å². The van der Waals surface area contributed by atoms with Crippen LogP contribution in [0.2, 0.25) is 0 Å². The fraction of sp³-hybridized carbons (Fsp3) is 0.360. The number of benzene rings is 1. The summed E-state index contributed by atoms with van der Waals surface area (Å²) in [6.07, 6.45) is 6.65. The predicted octanol–water partition coefficient (Wildman–Crippen LogP) is 2.61. The summed E-state index contributed by atoms with van der Waals surface area (Å²) >= 11 is 0. The highest BCUT2D eigenvalue weighted by atomic mass is 16.4.